The van der Waals surface area contributed by atoms with E-state index in [4.69, 9.17) is 0 Å². The Kier molecular flexibility index (Phi) is 5.41. The fraction of sp³-hybridized carbons (Fsp3) is 0.450. The van der Waals surface area contributed by atoms with Crippen molar-refractivity contribution in [3.05, 3.63) is 51.0 Å². The third-order valence-corrected chi connectivity index (χ3v) is 5.84. The fourth-order valence-corrected chi connectivity index (χ4v) is 4.07. The highest BCUT2D eigenvalue weighted by Gasteiger charge is 2.27. The van der Waals surface area contributed by atoms with Crippen LogP contribution in [0.15, 0.2) is 24.3 Å². The summed E-state index contributed by atoms with van der Waals surface area (Å²) in [5.74, 6) is 0.520. The number of piperazine rings is 1. The third-order valence-electron chi connectivity index (χ3n) is 4.78. The Labute approximate surface area is 158 Å². The fourth-order valence-electron chi connectivity index (χ4n) is 3.18. The van der Waals surface area contributed by atoms with E-state index in [-0.39, 0.29) is 11.8 Å². The molecule has 138 valence electrons. The highest BCUT2D eigenvalue weighted by Crippen LogP contribution is 2.21. The van der Waals surface area contributed by atoms with E-state index in [1.165, 1.54) is 16.9 Å². The van der Waals surface area contributed by atoms with Crippen LogP contribution >= 0.6 is 11.3 Å². The predicted molar refractivity (Wildman–Crippen MR) is 104 cm³/mol. The van der Waals surface area contributed by atoms with E-state index < -0.39 is 0 Å². The first-order chi connectivity index (χ1) is 12.4. The summed E-state index contributed by atoms with van der Waals surface area (Å²) in [6.45, 7) is 10.3. The molecule has 0 spiro atoms. The smallest absolute Gasteiger partial charge is 0.265 e. The number of hydrogen-bond donors (Lipinski definition) is 0. The summed E-state index contributed by atoms with van der Waals surface area (Å²) in [6, 6.07) is 7.84. The number of aromatic nitrogens is 1. The Morgan fingerprint density at radius 2 is 1.50 bits per heavy atom. The molecule has 1 saturated heterocycles. The zero-order valence-corrected chi connectivity index (χ0v) is 16.6. The normalized spacial score (nSPS) is 14.8. The standard InChI is InChI=1S/C20H25N3O2S/c1-13(2)16-5-7-17(8-6-16)19(24)22-9-11-23(12-10-22)20(25)18-14(3)21-15(4)26-18/h5-8,13H,9-12H2,1-4H3. The second-order valence-corrected chi connectivity index (χ2v) is 8.21. The molecule has 1 aliphatic rings. The van der Waals surface area contributed by atoms with Crippen molar-refractivity contribution >= 4 is 23.2 Å². The topological polar surface area (TPSA) is 53.5 Å². The lowest BCUT2D eigenvalue weighted by Crippen LogP contribution is -2.50. The molecule has 0 radical (unpaired) electrons. The van der Waals surface area contributed by atoms with Crippen molar-refractivity contribution in [1.82, 2.24) is 14.8 Å². The quantitative estimate of drug-likeness (QED) is 0.830. The number of carbonyl (C=O) groups is 2. The molecule has 3 rings (SSSR count). The Balaban J connectivity index is 1.62. The molecule has 0 saturated carbocycles. The molecule has 2 aromatic rings. The largest absolute Gasteiger partial charge is 0.335 e. The van der Waals surface area contributed by atoms with Gasteiger partial charge in [-0.05, 0) is 37.5 Å². The number of aryl methyl sites for hydroxylation is 2. The summed E-state index contributed by atoms with van der Waals surface area (Å²) in [4.78, 5) is 34.1. The van der Waals surface area contributed by atoms with Crippen molar-refractivity contribution in [2.24, 2.45) is 0 Å². The third kappa shape index (κ3) is 3.80. The molecule has 0 bridgehead atoms. The van der Waals surface area contributed by atoms with E-state index in [1.807, 2.05) is 47.9 Å². The van der Waals surface area contributed by atoms with Gasteiger partial charge in [0.2, 0.25) is 0 Å². The second-order valence-electron chi connectivity index (χ2n) is 7.01. The van der Waals surface area contributed by atoms with Crippen LogP contribution in [0.1, 0.15) is 56.1 Å². The molecule has 1 aromatic carbocycles. The summed E-state index contributed by atoms with van der Waals surface area (Å²) in [7, 11) is 0. The zero-order valence-electron chi connectivity index (χ0n) is 15.8. The van der Waals surface area contributed by atoms with Gasteiger partial charge in [0.25, 0.3) is 11.8 Å². The molecule has 0 atom stereocenters. The maximum absolute atomic E-state index is 12.7. The van der Waals surface area contributed by atoms with E-state index in [0.717, 1.165) is 10.7 Å². The van der Waals surface area contributed by atoms with E-state index in [0.29, 0.717) is 42.5 Å². The maximum atomic E-state index is 12.7. The summed E-state index contributed by atoms with van der Waals surface area (Å²) >= 11 is 1.44. The SMILES string of the molecule is Cc1nc(C)c(C(=O)N2CCN(C(=O)c3ccc(C(C)C)cc3)CC2)s1. The van der Waals surface area contributed by atoms with Gasteiger partial charge in [0.1, 0.15) is 4.88 Å². The molecule has 0 unspecified atom stereocenters. The number of benzene rings is 1. The lowest BCUT2D eigenvalue weighted by atomic mass is 10.0. The molecule has 2 amide bonds. The van der Waals surface area contributed by atoms with Crippen molar-refractivity contribution in [2.75, 3.05) is 26.2 Å². The molecule has 5 nitrogen and oxygen atoms in total. The van der Waals surface area contributed by atoms with Gasteiger partial charge in [-0.3, -0.25) is 9.59 Å². The molecule has 1 fully saturated rings. The molecule has 1 aromatic heterocycles. The van der Waals surface area contributed by atoms with Gasteiger partial charge < -0.3 is 9.80 Å². The number of thiazole rings is 1. The molecule has 0 aliphatic carbocycles. The van der Waals surface area contributed by atoms with Crippen LogP contribution in [0.3, 0.4) is 0 Å². The first-order valence-corrected chi connectivity index (χ1v) is 9.81. The number of nitrogens with zero attached hydrogens (tertiary/aromatic N) is 3. The van der Waals surface area contributed by atoms with Crippen LogP contribution in [0, 0.1) is 13.8 Å². The van der Waals surface area contributed by atoms with Crippen molar-refractivity contribution in [1.29, 1.82) is 0 Å². The van der Waals surface area contributed by atoms with Crippen LogP contribution in [0.5, 0.6) is 0 Å². The first-order valence-electron chi connectivity index (χ1n) is 8.99. The number of carbonyl (C=O) groups excluding carboxylic acids is 2. The highest BCUT2D eigenvalue weighted by atomic mass is 32.1. The number of amides is 2. The summed E-state index contributed by atoms with van der Waals surface area (Å²) < 4.78 is 0. The predicted octanol–water partition coefficient (Wildman–Crippen LogP) is 3.48. The van der Waals surface area contributed by atoms with E-state index in [2.05, 4.69) is 18.8 Å². The van der Waals surface area contributed by atoms with Crippen molar-refractivity contribution in [3.8, 4) is 0 Å². The lowest BCUT2D eigenvalue weighted by molar-refractivity contribution is 0.0537. The first kappa shape index (κ1) is 18.6. The number of rotatable bonds is 3. The number of hydrogen-bond acceptors (Lipinski definition) is 4. The van der Waals surface area contributed by atoms with Crippen LogP contribution in [-0.4, -0.2) is 52.8 Å². The van der Waals surface area contributed by atoms with Crippen LogP contribution in [0.2, 0.25) is 0 Å². The molecular weight excluding hydrogens is 346 g/mol. The van der Waals surface area contributed by atoms with E-state index in [1.54, 1.807) is 0 Å². The van der Waals surface area contributed by atoms with Gasteiger partial charge in [0, 0.05) is 31.7 Å². The van der Waals surface area contributed by atoms with Crippen LogP contribution in [0.4, 0.5) is 0 Å². The Morgan fingerprint density at radius 1 is 0.962 bits per heavy atom. The van der Waals surface area contributed by atoms with Gasteiger partial charge in [-0.25, -0.2) is 4.98 Å². The van der Waals surface area contributed by atoms with Crippen LogP contribution in [-0.2, 0) is 0 Å². The van der Waals surface area contributed by atoms with Crippen LogP contribution in [0.25, 0.3) is 0 Å². The van der Waals surface area contributed by atoms with Gasteiger partial charge in [-0.2, -0.15) is 0 Å². The van der Waals surface area contributed by atoms with Gasteiger partial charge >= 0.3 is 0 Å². The molecule has 0 N–H and O–H groups in total. The molecule has 1 aliphatic heterocycles. The van der Waals surface area contributed by atoms with Gasteiger partial charge in [-0.1, -0.05) is 26.0 Å². The maximum Gasteiger partial charge on any atom is 0.265 e. The summed E-state index contributed by atoms with van der Waals surface area (Å²) in [5.41, 5.74) is 2.73. The average molecular weight is 372 g/mol. The minimum atomic E-state index is 0.0292. The Bertz CT molecular complexity index is 803. The summed E-state index contributed by atoms with van der Waals surface area (Å²) in [5, 5.41) is 0.907. The molecule has 6 heteroatoms. The second kappa shape index (κ2) is 7.58. The van der Waals surface area contributed by atoms with Crippen molar-refractivity contribution < 1.29 is 9.59 Å². The Hall–Kier alpha value is -2.21. The monoisotopic (exact) mass is 371 g/mol. The van der Waals surface area contributed by atoms with Gasteiger partial charge in [-0.15, -0.1) is 11.3 Å². The molecular formula is C20H25N3O2S. The van der Waals surface area contributed by atoms with E-state index >= 15 is 0 Å². The Morgan fingerprint density at radius 3 is 1.96 bits per heavy atom. The van der Waals surface area contributed by atoms with Crippen molar-refractivity contribution in [3.63, 3.8) is 0 Å². The van der Waals surface area contributed by atoms with Crippen LogP contribution < -0.4 is 0 Å². The minimum absolute atomic E-state index is 0.0292. The zero-order chi connectivity index (χ0) is 18.8. The summed E-state index contributed by atoms with van der Waals surface area (Å²) in [6.07, 6.45) is 0. The van der Waals surface area contributed by atoms with Gasteiger partial charge in [0.15, 0.2) is 0 Å². The van der Waals surface area contributed by atoms with Gasteiger partial charge in [0.05, 0.1) is 10.7 Å². The highest BCUT2D eigenvalue weighted by molar-refractivity contribution is 7.13. The minimum Gasteiger partial charge on any atom is -0.335 e. The molecule has 2 heterocycles. The van der Waals surface area contributed by atoms with Crippen molar-refractivity contribution in [2.45, 2.75) is 33.6 Å². The molecule has 26 heavy (non-hydrogen) atoms. The average Bonchev–Trinajstić information content (AvgIpc) is 2.99. The lowest BCUT2D eigenvalue weighted by Gasteiger charge is -2.34. The van der Waals surface area contributed by atoms with E-state index in [9.17, 15) is 9.59 Å².